The number of carbonyl (C=O) groups excluding carboxylic acids is 3. The van der Waals surface area contributed by atoms with Crippen LogP contribution in [0.1, 0.15) is 36.5 Å². The van der Waals surface area contributed by atoms with Crippen molar-refractivity contribution in [3.8, 4) is 0 Å². The number of para-hydroxylation sites is 1. The largest absolute Gasteiger partial charge is 0.324 e. The lowest BCUT2D eigenvalue weighted by atomic mass is 9.75. The number of imide groups is 1. The van der Waals surface area contributed by atoms with Gasteiger partial charge >= 0.3 is 0 Å². The van der Waals surface area contributed by atoms with E-state index in [2.05, 4.69) is 33.1 Å². The summed E-state index contributed by atoms with van der Waals surface area (Å²) in [4.78, 5) is 45.1. The van der Waals surface area contributed by atoms with Crippen LogP contribution >= 0.6 is 15.9 Å². The molecule has 0 unspecified atom stereocenters. The lowest BCUT2D eigenvalue weighted by Crippen LogP contribution is -2.54. The molecule has 32 heavy (non-hydrogen) atoms. The van der Waals surface area contributed by atoms with E-state index in [-0.39, 0.29) is 23.8 Å². The van der Waals surface area contributed by atoms with Crippen molar-refractivity contribution in [2.45, 2.75) is 44.7 Å². The van der Waals surface area contributed by atoms with E-state index in [0.29, 0.717) is 10.2 Å². The van der Waals surface area contributed by atoms with E-state index in [1.54, 1.807) is 0 Å². The molecule has 2 aromatic rings. The Morgan fingerprint density at radius 3 is 2.72 bits per heavy atom. The summed E-state index contributed by atoms with van der Waals surface area (Å²) >= 11 is 3.54. The summed E-state index contributed by atoms with van der Waals surface area (Å²) in [6.45, 7) is 4.74. The number of hydrogen-bond donors (Lipinski definition) is 1. The Hall–Kier alpha value is -2.51. The van der Waals surface area contributed by atoms with E-state index >= 15 is 0 Å². The molecule has 0 radical (unpaired) electrons. The third-order valence-electron chi connectivity index (χ3n) is 7.84. The van der Waals surface area contributed by atoms with Gasteiger partial charge in [0.1, 0.15) is 5.54 Å². The van der Waals surface area contributed by atoms with Crippen LogP contribution in [0.4, 0.5) is 11.4 Å². The predicted octanol–water partition coefficient (Wildman–Crippen LogP) is 3.75. The van der Waals surface area contributed by atoms with Crippen molar-refractivity contribution in [3.05, 3.63) is 57.6 Å². The van der Waals surface area contributed by atoms with Gasteiger partial charge in [-0.3, -0.25) is 19.3 Å². The van der Waals surface area contributed by atoms with Crippen LogP contribution in [0.2, 0.25) is 0 Å². The van der Waals surface area contributed by atoms with Gasteiger partial charge in [0, 0.05) is 21.8 Å². The highest BCUT2D eigenvalue weighted by Gasteiger charge is 2.74. The molecule has 4 heterocycles. The topological polar surface area (TPSA) is 69.7 Å². The first-order valence-corrected chi connectivity index (χ1v) is 12.0. The predicted molar refractivity (Wildman–Crippen MR) is 124 cm³/mol. The molecule has 6 nitrogen and oxygen atoms in total. The van der Waals surface area contributed by atoms with Gasteiger partial charge < -0.3 is 5.32 Å². The second kappa shape index (κ2) is 6.75. The fourth-order valence-electron chi connectivity index (χ4n) is 6.62. The summed E-state index contributed by atoms with van der Waals surface area (Å²) in [6, 6.07) is 11.5. The average molecular weight is 494 g/mol. The third kappa shape index (κ3) is 2.26. The molecule has 1 spiro atoms. The summed E-state index contributed by atoms with van der Waals surface area (Å²) in [7, 11) is 0. The number of nitrogens with one attached hydrogen (secondary N) is 1. The first-order valence-electron chi connectivity index (χ1n) is 11.3. The number of amides is 3. The van der Waals surface area contributed by atoms with E-state index in [9.17, 15) is 14.4 Å². The summed E-state index contributed by atoms with van der Waals surface area (Å²) in [5, 5.41) is 3.11. The van der Waals surface area contributed by atoms with Gasteiger partial charge in [-0.25, -0.2) is 4.90 Å². The van der Waals surface area contributed by atoms with E-state index in [1.807, 2.05) is 43.3 Å². The molecule has 3 fully saturated rings. The molecular weight excluding hydrogens is 470 g/mol. The fraction of sp³-hybridized carbons (Fsp3) is 0.400. The highest BCUT2D eigenvalue weighted by molar-refractivity contribution is 9.10. The van der Waals surface area contributed by atoms with Crippen LogP contribution in [0.25, 0.3) is 0 Å². The first-order chi connectivity index (χ1) is 15.4. The number of halogens is 1. The Balaban J connectivity index is 1.56. The van der Waals surface area contributed by atoms with Gasteiger partial charge in [0.2, 0.25) is 17.7 Å². The Bertz CT molecular complexity index is 1210. The fourth-order valence-corrected chi connectivity index (χ4v) is 7.29. The zero-order valence-corrected chi connectivity index (χ0v) is 19.6. The van der Waals surface area contributed by atoms with Crippen LogP contribution in [0.15, 0.2) is 40.9 Å². The molecule has 1 N–H and O–H groups in total. The van der Waals surface area contributed by atoms with Crippen LogP contribution in [0.3, 0.4) is 0 Å². The number of fused-ring (bicyclic) bond motifs is 7. The average Bonchev–Trinajstić information content (AvgIpc) is 3.47. The van der Waals surface area contributed by atoms with Crippen molar-refractivity contribution < 1.29 is 14.4 Å². The minimum absolute atomic E-state index is 0.104. The maximum absolute atomic E-state index is 14.0. The summed E-state index contributed by atoms with van der Waals surface area (Å²) in [5.41, 5.74) is 3.20. The van der Waals surface area contributed by atoms with Crippen molar-refractivity contribution in [1.82, 2.24) is 4.90 Å². The Labute approximate surface area is 195 Å². The zero-order valence-electron chi connectivity index (χ0n) is 18.0. The SMILES string of the molecule is CCc1cccc2c1NC(=O)[C@]21[C@@H]2C(=O)N(c3ccc(C)cc3Br)C(=O)[C@@H]2[C@@H]2CCCN21. The molecule has 4 aliphatic rings. The van der Waals surface area contributed by atoms with Gasteiger partial charge in [-0.05, 0) is 71.9 Å². The number of nitrogens with zero attached hydrogens (tertiary/aromatic N) is 2. The third-order valence-corrected chi connectivity index (χ3v) is 8.47. The standard InChI is InChI=1S/C25H24BrN3O3/c1-3-14-6-4-7-15-21(14)27-24(32)25(15)20-19(18-8-5-11-28(18)25)22(30)29(23(20)31)17-10-9-13(2)12-16(17)26/h4,6-7,9-10,12,18-20H,3,5,8,11H2,1-2H3,(H,27,32)/t18-,19+,20-,25+/m0/s1. The molecule has 4 aliphatic heterocycles. The number of rotatable bonds is 2. The quantitative estimate of drug-likeness (QED) is 0.646. The Kier molecular flexibility index (Phi) is 4.24. The highest BCUT2D eigenvalue weighted by Crippen LogP contribution is 2.61. The van der Waals surface area contributed by atoms with Gasteiger partial charge in [-0.1, -0.05) is 31.2 Å². The number of anilines is 2. The van der Waals surface area contributed by atoms with Crippen LogP contribution < -0.4 is 10.2 Å². The lowest BCUT2D eigenvalue weighted by Gasteiger charge is -2.36. The van der Waals surface area contributed by atoms with Crippen molar-refractivity contribution in [2.75, 3.05) is 16.8 Å². The van der Waals surface area contributed by atoms with E-state index < -0.39 is 17.4 Å². The number of hydrogen-bond acceptors (Lipinski definition) is 4. The van der Waals surface area contributed by atoms with Crippen LogP contribution in [-0.2, 0) is 26.3 Å². The number of carbonyl (C=O) groups is 3. The molecule has 0 aromatic heterocycles. The van der Waals surface area contributed by atoms with Crippen molar-refractivity contribution in [1.29, 1.82) is 0 Å². The molecule has 7 heteroatoms. The summed E-state index contributed by atoms with van der Waals surface area (Å²) < 4.78 is 0.709. The number of benzene rings is 2. The lowest BCUT2D eigenvalue weighted by molar-refractivity contribution is -0.135. The zero-order chi connectivity index (χ0) is 22.4. The molecular formula is C25H24BrN3O3. The smallest absolute Gasteiger partial charge is 0.250 e. The van der Waals surface area contributed by atoms with Crippen molar-refractivity contribution in [3.63, 3.8) is 0 Å². The second-order valence-electron chi connectivity index (χ2n) is 9.29. The Morgan fingerprint density at radius 2 is 1.97 bits per heavy atom. The summed E-state index contributed by atoms with van der Waals surface area (Å²) in [6.07, 6.45) is 2.52. The second-order valence-corrected chi connectivity index (χ2v) is 10.1. The van der Waals surface area contributed by atoms with Crippen LogP contribution in [0, 0.1) is 18.8 Å². The van der Waals surface area contributed by atoms with E-state index in [1.165, 1.54) is 4.90 Å². The summed E-state index contributed by atoms with van der Waals surface area (Å²) in [5.74, 6) is -1.86. The molecule has 3 amide bonds. The molecule has 3 saturated heterocycles. The van der Waals surface area contributed by atoms with Gasteiger partial charge in [-0.2, -0.15) is 0 Å². The maximum atomic E-state index is 14.0. The van der Waals surface area contributed by atoms with Crippen molar-refractivity contribution >= 4 is 45.0 Å². The molecule has 0 saturated carbocycles. The molecule has 6 rings (SSSR count). The molecule has 0 aliphatic carbocycles. The molecule has 2 aromatic carbocycles. The van der Waals surface area contributed by atoms with Crippen LogP contribution in [0.5, 0.6) is 0 Å². The number of aryl methyl sites for hydroxylation is 2. The van der Waals surface area contributed by atoms with E-state index in [0.717, 1.165) is 48.2 Å². The van der Waals surface area contributed by atoms with Gasteiger partial charge in [-0.15, -0.1) is 0 Å². The van der Waals surface area contributed by atoms with Crippen molar-refractivity contribution in [2.24, 2.45) is 11.8 Å². The van der Waals surface area contributed by atoms with Gasteiger partial charge in [0.05, 0.1) is 17.5 Å². The normalized spacial score (nSPS) is 30.8. The maximum Gasteiger partial charge on any atom is 0.250 e. The molecule has 4 atom stereocenters. The molecule has 164 valence electrons. The minimum Gasteiger partial charge on any atom is -0.324 e. The van der Waals surface area contributed by atoms with Gasteiger partial charge in [0.25, 0.3) is 0 Å². The minimum atomic E-state index is -1.12. The monoisotopic (exact) mass is 493 g/mol. The van der Waals surface area contributed by atoms with Crippen LogP contribution in [-0.4, -0.2) is 35.2 Å². The first kappa shape index (κ1) is 20.1. The van der Waals surface area contributed by atoms with Gasteiger partial charge in [0.15, 0.2) is 0 Å². The van der Waals surface area contributed by atoms with E-state index in [4.69, 9.17) is 0 Å². The highest BCUT2D eigenvalue weighted by atomic mass is 79.9. The molecule has 0 bridgehead atoms. The Morgan fingerprint density at radius 1 is 1.16 bits per heavy atom.